The number of aromatic nitrogens is 3. The van der Waals surface area contributed by atoms with Crippen molar-refractivity contribution in [1.82, 2.24) is 15.1 Å². The Bertz CT molecular complexity index is 1260. The van der Waals surface area contributed by atoms with Crippen LogP contribution in [0.15, 0.2) is 41.1 Å². The molecule has 1 aliphatic heterocycles. The molecular formula is C22H21N5O3S. The first-order chi connectivity index (χ1) is 15.1. The third-order valence-corrected chi connectivity index (χ3v) is 6.22. The zero-order chi connectivity index (χ0) is 21.4. The minimum atomic E-state index is -0.254. The molecule has 0 radical (unpaired) electrons. The van der Waals surface area contributed by atoms with Crippen LogP contribution in [0.3, 0.4) is 0 Å². The van der Waals surface area contributed by atoms with E-state index in [1.165, 1.54) is 4.88 Å². The highest BCUT2D eigenvalue weighted by molar-refractivity contribution is 7.15. The number of fused-ring (bicyclic) bond motifs is 1. The summed E-state index contributed by atoms with van der Waals surface area (Å²) < 4.78 is 10.8. The van der Waals surface area contributed by atoms with Gasteiger partial charge in [0.05, 0.1) is 46.1 Å². The molecule has 0 saturated carbocycles. The Morgan fingerprint density at radius 3 is 2.81 bits per heavy atom. The van der Waals surface area contributed by atoms with Crippen molar-refractivity contribution in [2.75, 3.05) is 36.5 Å². The number of nitrogens with zero attached hydrogens (tertiary/aromatic N) is 4. The second-order valence-corrected chi connectivity index (χ2v) is 8.63. The Morgan fingerprint density at radius 1 is 1.19 bits per heavy atom. The maximum Gasteiger partial charge on any atom is 0.259 e. The van der Waals surface area contributed by atoms with Crippen molar-refractivity contribution in [2.45, 2.75) is 13.8 Å². The van der Waals surface area contributed by atoms with E-state index in [1.807, 2.05) is 38.1 Å². The molecule has 1 N–H and O–H groups in total. The van der Waals surface area contributed by atoms with Gasteiger partial charge in [0.25, 0.3) is 11.6 Å². The molecule has 4 aromatic heterocycles. The first kappa shape index (κ1) is 19.7. The molecule has 5 heterocycles. The van der Waals surface area contributed by atoms with Crippen LogP contribution in [-0.2, 0) is 4.74 Å². The fraction of sp³-hybridized carbons (Fsp3) is 0.273. The number of pyridine rings is 2. The Labute approximate surface area is 182 Å². The van der Waals surface area contributed by atoms with E-state index in [0.29, 0.717) is 47.0 Å². The summed E-state index contributed by atoms with van der Waals surface area (Å²) in [5, 5.41) is 7.68. The van der Waals surface area contributed by atoms with Crippen LogP contribution in [0, 0.1) is 13.8 Å². The molecule has 1 saturated heterocycles. The minimum Gasteiger partial charge on any atom is -0.378 e. The highest BCUT2D eigenvalue weighted by Crippen LogP contribution is 2.32. The fourth-order valence-corrected chi connectivity index (χ4v) is 4.51. The van der Waals surface area contributed by atoms with Crippen LogP contribution in [-0.4, -0.2) is 47.3 Å². The number of thiophene rings is 1. The predicted octanol–water partition coefficient (Wildman–Crippen LogP) is 4.05. The molecule has 1 aliphatic rings. The van der Waals surface area contributed by atoms with E-state index in [4.69, 9.17) is 9.26 Å². The monoisotopic (exact) mass is 435 g/mol. The van der Waals surface area contributed by atoms with Gasteiger partial charge in [-0.3, -0.25) is 4.79 Å². The van der Waals surface area contributed by atoms with E-state index in [-0.39, 0.29) is 5.91 Å². The first-order valence-electron chi connectivity index (χ1n) is 10.0. The van der Waals surface area contributed by atoms with Crippen molar-refractivity contribution >= 4 is 39.8 Å². The van der Waals surface area contributed by atoms with Crippen molar-refractivity contribution in [3.63, 3.8) is 0 Å². The third kappa shape index (κ3) is 3.77. The van der Waals surface area contributed by atoms with Gasteiger partial charge in [0.1, 0.15) is 0 Å². The average molecular weight is 436 g/mol. The highest BCUT2D eigenvalue weighted by atomic mass is 32.1. The summed E-state index contributed by atoms with van der Waals surface area (Å²) in [6.07, 6.45) is 1.73. The third-order valence-electron chi connectivity index (χ3n) is 5.20. The van der Waals surface area contributed by atoms with Gasteiger partial charge in [0.15, 0.2) is 5.82 Å². The number of anilines is 2. The van der Waals surface area contributed by atoms with Gasteiger partial charge in [-0.05, 0) is 44.2 Å². The lowest BCUT2D eigenvalue weighted by Crippen LogP contribution is -2.37. The first-order valence-corrected chi connectivity index (χ1v) is 10.8. The van der Waals surface area contributed by atoms with Gasteiger partial charge in [-0.15, -0.1) is 11.3 Å². The number of carbonyl (C=O) groups is 1. The van der Waals surface area contributed by atoms with Gasteiger partial charge < -0.3 is 19.5 Å². The van der Waals surface area contributed by atoms with E-state index in [0.717, 1.165) is 23.8 Å². The molecule has 158 valence electrons. The van der Waals surface area contributed by atoms with Crippen LogP contribution >= 0.6 is 11.3 Å². The quantitative estimate of drug-likeness (QED) is 0.517. The van der Waals surface area contributed by atoms with Crippen LogP contribution in [0.2, 0.25) is 0 Å². The lowest BCUT2D eigenvalue weighted by atomic mass is 10.1. The molecule has 0 aromatic carbocycles. The van der Waals surface area contributed by atoms with Crippen LogP contribution in [0.5, 0.6) is 0 Å². The molecule has 0 unspecified atom stereocenters. The number of morpholine rings is 1. The van der Waals surface area contributed by atoms with Crippen LogP contribution in [0.4, 0.5) is 11.5 Å². The maximum absolute atomic E-state index is 13.4. The smallest absolute Gasteiger partial charge is 0.259 e. The number of nitrogens with one attached hydrogen (secondary N) is 1. The summed E-state index contributed by atoms with van der Waals surface area (Å²) in [4.78, 5) is 26.8. The highest BCUT2D eigenvalue weighted by Gasteiger charge is 2.22. The Morgan fingerprint density at radius 2 is 2.03 bits per heavy atom. The van der Waals surface area contributed by atoms with Crippen LogP contribution < -0.4 is 10.2 Å². The molecule has 0 atom stereocenters. The normalized spacial score (nSPS) is 14.2. The number of hydrogen-bond acceptors (Lipinski definition) is 8. The van der Waals surface area contributed by atoms with Gasteiger partial charge in [0.2, 0.25) is 0 Å². The molecule has 31 heavy (non-hydrogen) atoms. The summed E-state index contributed by atoms with van der Waals surface area (Å²) in [6, 6.07) is 9.50. The molecule has 9 heteroatoms. The largest absolute Gasteiger partial charge is 0.378 e. The van der Waals surface area contributed by atoms with Crippen molar-refractivity contribution in [3.05, 3.63) is 52.7 Å². The zero-order valence-electron chi connectivity index (χ0n) is 17.2. The number of ether oxygens (including phenoxy) is 1. The van der Waals surface area contributed by atoms with Gasteiger partial charge >= 0.3 is 0 Å². The molecule has 4 aromatic rings. The Hall–Kier alpha value is -3.30. The van der Waals surface area contributed by atoms with E-state index in [2.05, 4.69) is 25.3 Å². The van der Waals surface area contributed by atoms with E-state index in [9.17, 15) is 4.79 Å². The SMILES string of the molecule is Cc1ccc(-c2cc(C(=O)Nc3cccnc3N3CCOCC3)c3c(C)noc3n2)s1. The zero-order valence-corrected chi connectivity index (χ0v) is 18.0. The molecule has 0 spiro atoms. The summed E-state index contributed by atoms with van der Waals surface area (Å²) in [5.74, 6) is 0.483. The van der Waals surface area contributed by atoms with Gasteiger partial charge in [-0.25, -0.2) is 9.97 Å². The number of carbonyl (C=O) groups excluding carboxylic acids is 1. The van der Waals surface area contributed by atoms with Crippen molar-refractivity contribution in [1.29, 1.82) is 0 Å². The van der Waals surface area contributed by atoms with Gasteiger partial charge in [-0.1, -0.05) is 5.16 Å². The van der Waals surface area contributed by atoms with Crippen molar-refractivity contribution < 1.29 is 14.1 Å². The summed E-state index contributed by atoms with van der Waals surface area (Å²) in [6.45, 7) is 6.58. The molecule has 1 amide bonds. The predicted molar refractivity (Wildman–Crippen MR) is 120 cm³/mol. The van der Waals surface area contributed by atoms with Gasteiger partial charge in [-0.2, -0.15) is 0 Å². The minimum absolute atomic E-state index is 0.254. The average Bonchev–Trinajstić information content (AvgIpc) is 3.40. The van der Waals surface area contributed by atoms with Crippen LogP contribution in [0.25, 0.3) is 21.7 Å². The van der Waals surface area contributed by atoms with Crippen molar-refractivity contribution in [2.24, 2.45) is 0 Å². The lowest BCUT2D eigenvalue weighted by molar-refractivity contribution is 0.102. The summed E-state index contributed by atoms with van der Waals surface area (Å²) in [7, 11) is 0. The second kappa shape index (κ2) is 8.09. The fourth-order valence-electron chi connectivity index (χ4n) is 3.68. The number of rotatable bonds is 4. The molecule has 5 rings (SSSR count). The number of amides is 1. The lowest BCUT2D eigenvalue weighted by Gasteiger charge is -2.29. The second-order valence-electron chi connectivity index (χ2n) is 7.34. The molecule has 0 aliphatic carbocycles. The standard InChI is InChI=1S/C22H21N5O3S/c1-13-5-6-18(31-13)17-12-15(19-14(2)26-30-22(19)25-17)21(28)24-16-4-3-7-23-20(16)27-8-10-29-11-9-27/h3-7,12H,8-11H2,1-2H3,(H,24,28). The number of hydrogen-bond donors (Lipinski definition) is 1. The maximum atomic E-state index is 13.4. The van der Waals surface area contributed by atoms with Gasteiger partial charge in [0, 0.05) is 24.2 Å². The molecule has 0 bridgehead atoms. The van der Waals surface area contributed by atoms with Crippen molar-refractivity contribution in [3.8, 4) is 10.6 Å². The van der Waals surface area contributed by atoms with E-state index >= 15 is 0 Å². The van der Waals surface area contributed by atoms with E-state index in [1.54, 1.807) is 23.6 Å². The summed E-state index contributed by atoms with van der Waals surface area (Å²) >= 11 is 1.62. The van der Waals surface area contributed by atoms with E-state index < -0.39 is 0 Å². The summed E-state index contributed by atoms with van der Waals surface area (Å²) in [5.41, 5.74) is 2.79. The number of aryl methyl sites for hydroxylation is 2. The molecule has 1 fully saturated rings. The Kier molecular flexibility index (Phi) is 5.13. The molecule has 8 nitrogen and oxygen atoms in total. The molecular weight excluding hydrogens is 414 g/mol. The van der Waals surface area contributed by atoms with Crippen LogP contribution in [0.1, 0.15) is 20.9 Å². The Balaban J connectivity index is 1.54. The topological polar surface area (TPSA) is 93.4 Å².